The number of nitrogens with one attached hydrogen (secondary N) is 1. The number of pyridine rings is 1. The third kappa shape index (κ3) is 2.43. The van der Waals surface area contributed by atoms with Crippen molar-refractivity contribution >= 4 is 28.2 Å². The van der Waals surface area contributed by atoms with Crippen LogP contribution in [0.15, 0.2) is 30.5 Å². The zero-order valence-electron chi connectivity index (χ0n) is 8.91. The van der Waals surface area contributed by atoms with E-state index in [0.29, 0.717) is 6.54 Å². The lowest BCUT2D eigenvalue weighted by molar-refractivity contribution is 0.871. The van der Waals surface area contributed by atoms with Crippen LogP contribution in [0.3, 0.4) is 0 Å². The first kappa shape index (κ1) is 11.2. The molecular weight excluding hydrogens is 222 g/mol. The number of rotatable bonds is 4. The van der Waals surface area contributed by atoms with Crippen molar-refractivity contribution in [3.8, 4) is 0 Å². The number of nitrogens with two attached hydrogens (primary N) is 1. The molecule has 16 heavy (non-hydrogen) atoms. The van der Waals surface area contributed by atoms with Gasteiger partial charge in [-0.15, -0.1) is 0 Å². The molecule has 0 bridgehead atoms. The van der Waals surface area contributed by atoms with Crippen LogP contribution in [-0.4, -0.2) is 18.1 Å². The molecule has 0 spiro atoms. The predicted molar refractivity (Wildman–Crippen MR) is 68.9 cm³/mol. The first-order valence-corrected chi connectivity index (χ1v) is 5.67. The van der Waals surface area contributed by atoms with E-state index in [9.17, 15) is 0 Å². The lowest BCUT2D eigenvalue weighted by Crippen LogP contribution is -2.09. The smallest absolute Gasteiger partial charge is 0.133 e. The molecule has 0 aliphatic carbocycles. The number of halogens is 1. The van der Waals surface area contributed by atoms with Gasteiger partial charge in [-0.25, -0.2) is 4.98 Å². The van der Waals surface area contributed by atoms with Gasteiger partial charge in [0.1, 0.15) is 5.82 Å². The van der Waals surface area contributed by atoms with Gasteiger partial charge >= 0.3 is 0 Å². The van der Waals surface area contributed by atoms with Crippen LogP contribution in [0.1, 0.15) is 6.42 Å². The second-order valence-corrected chi connectivity index (χ2v) is 4.03. The number of fused-ring (bicyclic) bond motifs is 1. The lowest BCUT2D eigenvalue weighted by Gasteiger charge is -2.08. The van der Waals surface area contributed by atoms with Gasteiger partial charge in [0.2, 0.25) is 0 Å². The fourth-order valence-corrected chi connectivity index (χ4v) is 1.78. The van der Waals surface area contributed by atoms with E-state index in [4.69, 9.17) is 17.3 Å². The first-order chi connectivity index (χ1) is 7.81. The van der Waals surface area contributed by atoms with Crippen molar-refractivity contribution in [3.05, 3.63) is 35.5 Å². The Kier molecular flexibility index (Phi) is 3.59. The summed E-state index contributed by atoms with van der Waals surface area (Å²) in [7, 11) is 0. The molecular formula is C12H14ClN3. The number of hydrogen-bond donors (Lipinski definition) is 2. The fourth-order valence-electron chi connectivity index (χ4n) is 1.60. The second kappa shape index (κ2) is 5.14. The highest BCUT2D eigenvalue weighted by Gasteiger charge is 2.01. The molecule has 3 N–H and O–H groups in total. The molecule has 0 unspecified atom stereocenters. The quantitative estimate of drug-likeness (QED) is 0.801. The van der Waals surface area contributed by atoms with Crippen LogP contribution in [0.4, 0.5) is 5.82 Å². The third-order valence-corrected chi connectivity index (χ3v) is 2.63. The Morgan fingerprint density at radius 1 is 1.31 bits per heavy atom. The molecule has 2 rings (SSSR count). The Bertz CT molecular complexity index is 485. The average molecular weight is 236 g/mol. The Morgan fingerprint density at radius 3 is 3.00 bits per heavy atom. The number of nitrogens with zero attached hydrogens (tertiary/aromatic N) is 1. The van der Waals surface area contributed by atoms with Gasteiger partial charge in [-0.05, 0) is 42.6 Å². The Hall–Kier alpha value is -1.32. The molecule has 84 valence electrons. The molecule has 2 aromatic rings. The maximum Gasteiger partial charge on any atom is 0.133 e. The first-order valence-electron chi connectivity index (χ1n) is 5.29. The molecule has 0 aliphatic heterocycles. The van der Waals surface area contributed by atoms with Crippen LogP contribution in [0.25, 0.3) is 10.8 Å². The van der Waals surface area contributed by atoms with Gasteiger partial charge < -0.3 is 11.1 Å². The monoisotopic (exact) mass is 235 g/mol. The van der Waals surface area contributed by atoms with Crippen molar-refractivity contribution in [1.82, 2.24) is 4.98 Å². The van der Waals surface area contributed by atoms with Gasteiger partial charge in [0.25, 0.3) is 0 Å². The number of benzene rings is 1. The minimum atomic E-state index is 0.684. The molecule has 0 radical (unpaired) electrons. The number of aromatic nitrogens is 1. The van der Waals surface area contributed by atoms with E-state index in [1.54, 1.807) is 6.20 Å². The summed E-state index contributed by atoms with van der Waals surface area (Å²) in [6, 6.07) is 7.75. The molecule has 0 amide bonds. The summed E-state index contributed by atoms with van der Waals surface area (Å²) in [5, 5.41) is 6.20. The summed E-state index contributed by atoms with van der Waals surface area (Å²) in [6.45, 7) is 1.52. The highest BCUT2D eigenvalue weighted by molar-refractivity contribution is 6.31. The summed E-state index contributed by atoms with van der Waals surface area (Å²) in [6.07, 6.45) is 2.72. The van der Waals surface area contributed by atoms with Crippen molar-refractivity contribution in [3.63, 3.8) is 0 Å². The van der Waals surface area contributed by atoms with E-state index < -0.39 is 0 Å². The number of hydrogen-bond acceptors (Lipinski definition) is 3. The molecule has 0 saturated carbocycles. The van der Waals surface area contributed by atoms with Gasteiger partial charge in [-0.3, -0.25) is 0 Å². The van der Waals surface area contributed by atoms with E-state index in [1.165, 1.54) is 0 Å². The van der Waals surface area contributed by atoms with Crippen LogP contribution in [-0.2, 0) is 0 Å². The van der Waals surface area contributed by atoms with E-state index in [0.717, 1.165) is 34.6 Å². The van der Waals surface area contributed by atoms with Gasteiger partial charge in [-0.2, -0.15) is 0 Å². The molecule has 0 fully saturated rings. The molecule has 1 heterocycles. The van der Waals surface area contributed by atoms with Crippen molar-refractivity contribution in [2.45, 2.75) is 6.42 Å². The summed E-state index contributed by atoms with van der Waals surface area (Å²) in [5.74, 6) is 0.891. The second-order valence-electron chi connectivity index (χ2n) is 3.59. The fraction of sp³-hybridized carbons (Fsp3) is 0.250. The van der Waals surface area contributed by atoms with Crippen LogP contribution in [0.2, 0.25) is 5.02 Å². The molecule has 3 nitrogen and oxygen atoms in total. The van der Waals surface area contributed by atoms with Crippen LogP contribution in [0.5, 0.6) is 0 Å². The van der Waals surface area contributed by atoms with Gasteiger partial charge in [0.15, 0.2) is 0 Å². The van der Waals surface area contributed by atoms with Crippen molar-refractivity contribution in [2.24, 2.45) is 5.73 Å². The number of anilines is 1. The zero-order chi connectivity index (χ0) is 11.4. The zero-order valence-corrected chi connectivity index (χ0v) is 9.67. The van der Waals surface area contributed by atoms with E-state index >= 15 is 0 Å². The third-order valence-electron chi connectivity index (χ3n) is 2.40. The van der Waals surface area contributed by atoms with Crippen molar-refractivity contribution in [1.29, 1.82) is 0 Å². The van der Waals surface area contributed by atoms with Crippen molar-refractivity contribution in [2.75, 3.05) is 18.4 Å². The summed E-state index contributed by atoms with van der Waals surface area (Å²) in [4.78, 5) is 4.31. The van der Waals surface area contributed by atoms with Crippen LogP contribution < -0.4 is 11.1 Å². The maximum absolute atomic E-state index is 5.94. The summed E-state index contributed by atoms with van der Waals surface area (Å²) < 4.78 is 0. The average Bonchev–Trinajstić information content (AvgIpc) is 2.29. The highest BCUT2D eigenvalue weighted by atomic mass is 35.5. The largest absolute Gasteiger partial charge is 0.370 e. The SMILES string of the molecule is NCCCNc1nccc2cc(Cl)ccc12. The summed E-state index contributed by atoms with van der Waals surface area (Å²) >= 11 is 5.94. The Morgan fingerprint density at radius 2 is 2.19 bits per heavy atom. The molecule has 4 heteroatoms. The van der Waals surface area contributed by atoms with E-state index in [-0.39, 0.29) is 0 Å². The topological polar surface area (TPSA) is 50.9 Å². The Balaban J connectivity index is 2.30. The Labute approximate surface area is 99.6 Å². The molecule has 0 atom stereocenters. The minimum Gasteiger partial charge on any atom is -0.370 e. The van der Waals surface area contributed by atoms with Crippen LogP contribution >= 0.6 is 11.6 Å². The standard InChI is InChI=1S/C12H14ClN3/c13-10-2-3-11-9(8-10)4-7-16-12(11)15-6-1-5-14/h2-4,7-8H,1,5-6,14H2,(H,15,16). The highest BCUT2D eigenvalue weighted by Crippen LogP contribution is 2.23. The van der Waals surface area contributed by atoms with Gasteiger partial charge in [0, 0.05) is 23.2 Å². The van der Waals surface area contributed by atoms with Crippen molar-refractivity contribution < 1.29 is 0 Å². The summed E-state index contributed by atoms with van der Waals surface area (Å²) in [5.41, 5.74) is 5.45. The normalized spacial score (nSPS) is 10.6. The van der Waals surface area contributed by atoms with Gasteiger partial charge in [-0.1, -0.05) is 11.6 Å². The maximum atomic E-state index is 5.94. The lowest BCUT2D eigenvalue weighted by atomic mass is 10.1. The molecule has 0 saturated heterocycles. The van der Waals surface area contributed by atoms with Gasteiger partial charge in [0.05, 0.1) is 0 Å². The molecule has 0 aliphatic rings. The van der Waals surface area contributed by atoms with Crippen LogP contribution in [0, 0.1) is 0 Å². The molecule has 1 aromatic heterocycles. The van der Waals surface area contributed by atoms with E-state index in [2.05, 4.69) is 10.3 Å². The predicted octanol–water partition coefficient (Wildman–Crippen LogP) is 2.65. The minimum absolute atomic E-state index is 0.684. The van der Waals surface area contributed by atoms with E-state index in [1.807, 2.05) is 24.3 Å². The molecule has 1 aromatic carbocycles.